The van der Waals surface area contributed by atoms with Crippen LogP contribution in [0.1, 0.15) is 68.1 Å². The molecule has 2 aromatic heterocycles. The summed E-state index contributed by atoms with van der Waals surface area (Å²) in [6.45, 7) is 6.93. The Morgan fingerprint density at radius 2 is 2.33 bits per heavy atom. The molecule has 24 heavy (non-hydrogen) atoms. The van der Waals surface area contributed by atoms with Gasteiger partial charge >= 0.3 is 0 Å². The molecular formula is C18H25N3O3. The Hall–Kier alpha value is -2.08. The van der Waals surface area contributed by atoms with Crippen LogP contribution in [0.4, 0.5) is 0 Å². The molecule has 0 radical (unpaired) electrons. The molecule has 0 aliphatic carbocycles. The third kappa shape index (κ3) is 3.38. The fourth-order valence-electron chi connectivity index (χ4n) is 3.17. The van der Waals surface area contributed by atoms with Crippen LogP contribution in [0.5, 0.6) is 0 Å². The molecule has 0 spiro atoms. The first-order valence-electron chi connectivity index (χ1n) is 8.44. The van der Waals surface area contributed by atoms with Gasteiger partial charge in [0.1, 0.15) is 17.6 Å². The summed E-state index contributed by atoms with van der Waals surface area (Å²) in [5, 5.41) is 17.5. The average Bonchev–Trinajstić information content (AvgIpc) is 3.26. The fourth-order valence-corrected chi connectivity index (χ4v) is 3.17. The van der Waals surface area contributed by atoms with E-state index in [1.807, 2.05) is 11.0 Å². The van der Waals surface area contributed by atoms with Crippen LogP contribution in [0.2, 0.25) is 0 Å². The van der Waals surface area contributed by atoms with Crippen LogP contribution in [0.15, 0.2) is 28.9 Å². The third-order valence-electron chi connectivity index (χ3n) is 4.61. The number of likely N-dealkylation sites (tertiary alicyclic amines) is 1. The van der Waals surface area contributed by atoms with E-state index in [0.29, 0.717) is 24.4 Å². The number of aromatic amines is 1. The van der Waals surface area contributed by atoms with Crippen molar-refractivity contribution < 1.29 is 14.3 Å². The van der Waals surface area contributed by atoms with Gasteiger partial charge in [0, 0.05) is 30.1 Å². The number of furan rings is 1. The molecule has 2 unspecified atom stereocenters. The molecule has 130 valence electrons. The zero-order chi connectivity index (χ0) is 17.3. The molecule has 1 fully saturated rings. The zero-order valence-corrected chi connectivity index (χ0v) is 14.5. The summed E-state index contributed by atoms with van der Waals surface area (Å²) in [4.78, 5) is 14.6. The maximum atomic E-state index is 12.8. The van der Waals surface area contributed by atoms with E-state index in [9.17, 15) is 9.90 Å². The second-order valence-electron chi connectivity index (χ2n) is 7.48. The van der Waals surface area contributed by atoms with Crippen LogP contribution in [-0.4, -0.2) is 38.7 Å². The molecule has 1 aliphatic rings. The van der Waals surface area contributed by atoms with Crippen molar-refractivity contribution in [2.75, 3.05) is 6.54 Å². The second kappa shape index (κ2) is 6.43. The summed E-state index contributed by atoms with van der Waals surface area (Å²) in [7, 11) is 0. The molecule has 2 atom stereocenters. The summed E-state index contributed by atoms with van der Waals surface area (Å²) in [5.74, 6) is 0.472. The van der Waals surface area contributed by atoms with Crippen molar-refractivity contribution in [3.63, 3.8) is 0 Å². The minimum atomic E-state index is -0.692. The minimum absolute atomic E-state index is 0.00684. The number of aromatic nitrogens is 2. The van der Waals surface area contributed by atoms with Crippen LogP contribution < -0.4 is 0 Å². The lowest BCUT2D eigenvalue weighted by molar-refractivity contribution is 0.0636. The number of H-pyrrole nitrogens is 1. The highest BCUT2D eigenvalue weighted by Gasteiger charge is 2.33. The van der Waals surface area contributed by atoms with E-state index in [1.54, 1.807) is 18.4 Å². The Morgan fingerprint density at radius 3 is 2.96 bits per heavy atom. The van der Waals surface area contributed by atoms with Gasteiger partial charge in [-0.2, -0.15) is 5.10 Å². The topological polar surface area (TPSA) is 82.4 Å². The monoisotopic (exact) mass is 331 g/mol. The lowest BCUT2D eigenvalue weighted by atomic mass is 9.92. The van der Waals surface area contributed by atoms with Crippen LogP contribution in [0.25, 0.3) is 0 Å². The molecule has 3 rings (SSSR count). The van der Waals surface area contributed by atoms with E-state index in [2.05, 4.69) is 31.0 Å². The van der Waals surface area contributed by atoms with Gasteiger partial charge in [-0.05, 0) is 31.0 Å². The minimum Gasteiger partial charge on any atom is -0.467 e. The van der Waals surface area contributed by atoms with Gasteiger partial charge in [0.05, 0.1) is 6.26 Å². The standard InChI is InChI=1S/C18H25N3O3/c1-18(2,3)16-11-13(19-20-16)17(23)21-8-4-6-12(21)10-14(22)15-7-5-9-24-15/h5,7,9,11-12,14,22H,4,6,8,10H2,1-3H3,(H,19,20). The number of nitrogens with one attached hydrogen (secondary N) is 1. The predicted octanol–water partition coefficient (Wildman–Crippen LogP) is 3.03. The largest absolute Gasteiger partial charge is 0.467 e. The third-order valence-corrected chi connectivity index (χ3v) is 4.61. The van der Waals surface area contributed by atoms with Crippen molar-refractivity contribution in [1.29, 1.82) is 0 Å². The van der Waals surface area contributed by atoms with Crippen LogP contribution in [-0.2, 0) is 5.41 Å². The first-order chi connectivity index (χ1) is 11.4. The number of hydrogen-bond donors (Lipinski definition) is 2. The highest BCUT2D eigenvalue weighted by molar-refractivity contribution is 5.92. The molecule has 6 nitrogen and oxygen atoms in total. The molecule has 1 amide bonds. The fraction of sp³-hybridized carbons (Fsp3) is 0.556. The maximum Gasteiger partial charge on any atom is 0.274 e. The highest BCUT2D eigenvalue weighted by Crippen LogP contribution is 2.29. The molecule has 1 saturated heterocycles. The van der Waals surface area contributed by atoms with Crippen molar-refractivity contribution in [2.24, 2.45) is 0 Å². The first-order valence-corrected chi connectivity index (χ1v) is 8.44. The number of carbonyl (C=O) groups excluding carboxylic acids is 1. The summed E-state index contributed by atoms with van der Waals surface area (Å²) in [5.41, 5.74) is 1.31. The Morgan fingerprint density at radius 1 is 1.54 bits per heavy atom. The normalized spacial score (nSPS) is 19.7. The quantitative estimate of drug-likeness (QED) is 0.902. The SMILES string of the molecule is CC(C)(C)c1cc(C(=O)N2CCCC2CC(O)c2ccco2)n[nH]1. The number of carbonyl (C=O) groups is 1. The molecule has 1 aliphatic heterocycles. The van der Waals surface area contributed by atoms with E-state index in [0.717, 1.165) is 18.5 Å². The van der Waals surface area contributed by atoms with Gasteiger partial charge in [-0.1, -0.05) is 20.8 Å². The van der Waals surface area contributed by atoms with E-state index in [4.69, 9.17) is 4.42 Å². The number of aliphatic hydroxyl groups is 1. The molecule has 2 aromatic rings. The first kappa shape index (κ1) is 16.8. The van der Waals surface area contributed by atoms with Crippen LogP contribution >= 0.6 is 0 Å². The van der Waals surface area contributed by atoms with E-state index in [1.165, 1.54) is 0 Å². The van der Waals surface area contributed by atoms with Crippen molar-refractivity contribution in [1.82, 2.24) is 15.1 Å². The van der Waals surface area contributed by atoms with Gasteiger partial charge in [-0.15, -0.1) is 0 Å². The van der Waals surface area contributed by atoms with E-state index in [-0.39, 0.29) is 17.4 Å². The Labute approximate surface area is 141 Å². The number of nitrogens with zero attached hydrogens (tertiary/aromatic N) is 2. The van der Waals surface area contributed by atoms with Crippen molar-refractivity contribution in [3.05, 3.63) is 41.6 Å². The summed E-state index contributed by atoms with van der Waals surface area (Å²) < 4.78 is 5.26. The predicted molar refractivity (Wildman–Crippen MR) is 89.6 cm³/mol. The van der Waals surface area contributed by atoms with Crippen molar-refractivity contribution in [2.45, 2.75) is 57.6 Å². The summed E-state index contributed by atoms with van der Waals surface area (Å²) in [6, 6.07) is 5.36. The molecule has 6 heteroatoms. The average molecular weight is 331 g/mol. The van der Waals surface area contributed by atoms with Gasteiger partial charge in [-0.25, -0.2) is 0 Å². The highest BCUT2D eigenvalue weighted by atomic mass is 16.4. The molecule has 2 N–H and O–H groups in total. The molecule has 3 heterocycles. The van der Waals surface area contributed by atoms with Gasteiger partial charge in [0.25, 0.3) is 5.91 Å². The number of amides is 1. The Kier molecular flexibility index (Phi) is 4.49. The molecular weight excluding hydrogens is 306 g/mol. The zero-order valence-electron chi connectivity index (χ0n) is 14.5. The van der Waals surface area contributed by atoms with E-state index >= 15 is 0 Å². The second-order valence-corrected chi connectivity index (χ2v) is 7.48. The van der Waals surface area contributed by atoms with Gasteiger partial charge < -0.3 is 14.4 Å². The van der Waals surface area contributed by atoms with Crippen molar-refractivity contribution >= 4 is 5.91 Å². The molecule has 0 aromatic carbocycles. The Bertz CT molecular complexity index is 685. The summed E-state index contributed by atoms with van der Waals surface area (Å²) in [6.07, 6.45) is 3.17. The van der Waals surface area contributed by atoms with E-state index < -0.39 is 6.10 Å². The van der Waals surface area contributed by atoms with Crippen molar-refractivity contribution in [3.8, 4) is 0 Å². The smallest absolute Gasteiger partial charge is 0.274 e. The van der Waals surface area contributed by atoms with Crippen LogP contribution in [0, 0.1) is 0 Å². The number of hydrogen-bond acceptors (Lipinski definition) is 4. The Balaban J connectivity index is 1.70. The van der Waals surface area contributed by atoms with Gasteiger partial charge in [-0.3, -0.25) is 9.89 Å². The molecule has 0 bridgehead atoms. The lowest BCUT2D eigenvalue weighted by Gasteiger charge is -2.25. The van der Waals surface area contributed by atoms with Gasteiger partial charge in [0.2, 0.25) is 0 Å². The number of aliphatic hydroxyl groups excluding tert-OH is 1. The van der Waals surface area contributed by atoms with Crippen LogP contribution in [0.3, 0.4) is 0 Å². The van der Waals surface area contributed by atoms with Gasteiger partial charge in [0.15, 0.2) is 0 Å². The summed E-state index contributed by atoms with van der Waals surface area (Å²) >= 11 is 0. The maximum absolute atomic E-state index is 12.8. The number of rotatable bonds is 4. The lowest BCUT2D eigenvalue weighted by Crippen LogP contribution is -2.36. The molecule has 0 saturated carbocycles.